The van der Waals surface area contributed by atoms with Crippen molar-refractivity contribution in [2.45, 2.75) is 39.3 Å². The van der Waals surface area contributed by atoms with Gasteiger partial charge in [-0.1, -0.05) is 79.2 Å². The SMILES string of the molecule is Cc1nn(Cc2ccccc2)c(Cl)c1C(=O)O[C@H](C)C(=O)NC[C@@H](C)c1ccccc1. The molecule has 31 heavy (non-hydrogen) atoms. The molecule has 1 N–H and O–H groups in total. The number of carbonyl (C=O) groups is 2. The van der Waals surface area contributed by atoms with Gasteiger partial charge >= 0.3 is 5.97 Å². The number of aryl methyl sites for hydroxylation is 1. The van der Waals surface area contributed by atoms with Gasteiger partial charge in [0.15, 0.2) is 6.10 Å². The fourth-order valence-electron chi connectivity index (χ4n) is 3.22. The van der Waals surface area contributed by atoms with Crippen LogP contribution in [-0.4, -0.2) is 34.3 Å². The van der Waals surface area contributed by atoms with Crippen LogP contribution in [0.5, 0.6) is 0 Å². The summed E-state index contributed by atoms with van der Waals surface area (Å²) in [6.45, 7) is 6.13. The number of hydrogen-bond donors (Lipinski definition) is 1. The summed E-state index contributed by atoms with van der Waals surface area (Å²) in [7, 11) is 0. The van der Waals surface area contributed by atoms with Crippen molar-refractivity contribution < 1.29 is 14.3 Å². The third kappa shape index (κ3) is 5.73. The van der Waals surface area contributed by atoms with Gasteiger partial charge in [-0.3, -0.25) is 4.79 Å². The van der Waals surface area contributed by atoms with Crippen molar-refractivity contribution in [2.24, 2.45) is 0 Å². The minimum absolute atomic E-state index is 0.140. The first-order chi connectivity index (χ1) is 14.9. The van der Waals surface area contributed by atoms with Gasteiger partial charge in [-0.05, 0) is 30.9 Å². The fraction of sp³-hybridized carbons (Fsp3) is 0.292. The summed E-state index contributed by atoms with van der Waals surface area (Å²) in [6.07, 6.45) is -0.955. The van der Waals surface area contributed by atoms with Crippen LogP contribution in [0.4, 0.5) is 0 Å². The molecule has 0 saturated heterocycles. The number of nitrogens with one attached hydrogen (secondary N) is 1. The van der Waals surface area contributed by atoms with E-state index in [0.717, 1.165) is 11.1 Å². The molecule has 2 atom stereocenters. The molecule has 3 aromatic rings. The predicted octanol–water partition coefficient (Wildman–Crippen LogP) is 4.36. The highest BCUT2D eigenvalue weighted by Gasteiger charge is 2.26. The first-order valence-corrected chi connectivity index (χ1v) is 10.5. The lowest BCUT2D eigenvalue weighted by molar-refractivity contribution is -0.129. The zero-order valence-corrected chi connectivity index (χ0v) is 18.6. The van der Waals surface area contributed by atoms with E-state index in [-0.39, 0.29) is 22.5 Å². The monoisotopic (exact) mass is 439 g/mol. The van der Waals surface area contributed by atoms with E-state index in [0.29, 0.717) is 18.8 Å². The Kier molecular flexibility index (Phi) is 7.47. The van der Waals surface area contributed by atoms with Crippen molar-refractivity contribution in [2.75, 3.05) is 6.54 Å². The van der Waals surface area contributed by atoms with E-state index in [1.807, 2.05) is 67.6 Å². The van der Waals surface area contributed by atoms with Crippen LogP contribution < -0.4 is 5.32 Å². The lowest BCUT2D eigenvalue weighted by Crippen LogP contribution is -2.37. The Morgan fingerprint density at radius 1 is 1.06 bits per heavy atom. The first kappa shape index (κ1) is 22.6. The highest BCUT2D eigenvalue weighted by Crippen LogP contribution is 2.22. The Labute approximate surface area is 187 Å². The third-order valence-electron chi connectivity index (χ3n) is 5.05. The van der Waals surface area contributed by atoms with Gasteiger partial charge < -0.3 is 10.1 Å². The summed E-state index contributed by atoms with van der Waals surface area (Å²) in [5, 5.41) is 7.38. The van der Waals surface area contributed by atoms with Gasteiger partial charge in [0.2, 0.25) is 0 Å². The van der Waals surface area contributed by atoms with Crippen molar-refractivity contribution in [3.63, 3.8) is 0 Å². The van der Waals surface area contributed by atoms with E-state index < -0.39 is 12.1 Å². The largest absolute Gasteiger partial charge is 0.449 e. The van der Waals surface area contributed by atoms with Crippen LogP contribution in [0.2, 0.25) is 5.15 Å². The van der Waals surface area contributed by atoms with Gasteiger partial charge in [0.05, 0.1) is 12.2 Å². The maximum atomic E-state index is 12.7. The van der Waals surface area contributed by atoms with E-state index in [1.165, 1.54) is 6.92 Å². The van der Waals surface area contributed by atoms with Crippen LogP contribution in [0.1, 0.15) is 46.9 Å². The van der Waals surface area contributed by atoms with Crippen molar-refractivity contribution >= 4 is 23.5 Å². The predicted molar refractivity (Wildman–Crippen MR) is 120 cm³/mol. The quantitative estimate of drug-likeness (QED) is 0.529. The maximum Gasteiger partial charge on any atom is 0.343 e. The van der Waals surface area contributed by atoms with Gasteiger partial charge in [0.1, 0.15) is 10.7 Å². The van der Waals surface area contributed by atoms with E-state index in [1.54, 1.807) is 11.6 Å². The number of ether oxygens (including phenoxy) is 1. The number of esters is 1. The van der Waals surface area contributed by atoms with Crippen LogP contribution in [0, 0.1) is 6.92 Å². The molecular formula is C24H26ClN3O3. The average molecular weight is 440 g/mol. The molecule has 7 heteroatoms. The minimum Gasteiger partial charge on any atom is -0.449 e. The first-order valence-electron chi connectivity index (χ1n) is 10.2. The summed E-state index contributed by atoms with van der Waals surface area (Å²) >= 11 is 6.41. The van der Waals surface area contributed by atoms with Crippen molar-refractivity contribution in [3.8, 4) is 0 Å². The summed E-state index contributed by atoms with van der Waals surface area (Å²) < 4.78 is 6.92. The molecule has 0 unspecified atom stereocenters. The molecule has 0 aliphatic carbocycles. The Morgan fingerprint density at radius 2 is 1.68 bits per heavy atom. The molecule has 6 nitrogen and oxygen atoms in total. The number of benzene rings is 2. The molecule has 2 aromatic carbocycles. The molecular weight excluding hydrogens is 414 g/mol. The molecule has 1 heterocycles. The molecule has 0 fully saturated rings. The number of rotatable bonds is 8. The summed E-state index contributed by atoms with van der Waals surface area (Å²) in [5.74, 6) is -0.886. The van der Waals surface area contributed by atoms with Gasteiger partial charge in [-0.15, -0.1) is 0 Å². The van der Waals surface area contributed by atoms with Crippen LogP contribution in [0.3, 0.4) is 0 Å². The normalized spacial score (nSPS) is 12.8. The molecule has 3 rings (SSSR count). The zero-order valence-electron chi connectivity index (χ0n) is 17.8. The highest BCUT2D eigenvalue weighted by atomic mass is 35.5. The highest BCUT2D eigenvalue weighted by molar-refractivity contribution is 6.32. The summed E-state index contributed by atoms with van der Waals surface area (Å²) in [6, 6.07) is 19.6. The number of hydrogen-bond acceptors (Lipinski definition) is 4. The molecule has 0 aliphatic heterocycles. The summed E-state index contributed by atoms with van der Waals surface area (Å²) in [5.41, 5.74) is 2.76. The third-order valence-corrected chi connectivity index (χ3v) is 5.43. The number of halogens is 1. The number of aromatic nitrogens is 2. The lowest BCUT2D eigenvalue weighted by atomic mass is 10.0. The van der Waals surface area contributed by atoms with Crippen molar-refractivity contribution in [3.05, 3.63) is 88.2 Å². The lowest BCUT2D eigenvalue weighted by Gasteiger charge is -2.16. The van der Waals surface area contributed by atoms with Crippen molar-refractivity contribution in [1.29, 1.82) is 0 Å². The second kappa shape index (κ2) is 10.3. The second-order valence-corrected chi connectivity index (χ2v) is 7.86. The molecule has 0 aliphatic rings. The van der Waals surface area contributed by atoms with Crippen molar-refractivity contribution in [1.82, 2.24) is 15.1 Å². The minimum atomic E-state index is -0.955. The van der Waals surface area contributed by atoms with E-state index >= 15 is 0 Å². The Balaban J connectivity index is 1.59. The summed E-state index contributed by atoms with van der Waals surface area (Å²) in [4.78, 5) is 25.1. The van der Waals surface area contributed by atoms with E-state index in [4.69, 9.17) is 16.3 Å². The average Bonchev–Trinajstić information content (AvgIpc) is 3.05. The number of nitrogens with zero attached hydrogens (tertiary/aromatic N) is 2. The molecule has 0 bridgehead atoms. The second-order valence-electron chi connectivity index (χ2n) is 7.50. The molecule has 162 valence electrons. The van der Waals surface area contributed by atoms with Gasteiger partial charge in [0.25, 0.3) is 5.91 Å². The van der Waals surface area contributed by atoms with Gasteiger partial charge in [0, 0.05) is 6.54 Å². The van der Waals surface area contributed by atoms with Gasteiger partial charge in [-0.2, -0.15) is 5.10 Å². The zero-order chi connectivity index (χ0) is 22.4. The topological polar surface area (TPSA) is 73.2 Å². The smallest absolute Gasteiger partial charge is 0.343 e. The van der Waals surface area contributed by atoms with Crippen LogP contribution in [0.25, 0.3) is 0 Å². The van der Waals surface area contributed by atoms with Crippen LogP contribution in [0.15, 0.2) is 60.7 Å². The van der Waals surface area contributed by atoms with Gasteiger partial charge in [-0.25, -0.2) is 9.48 Å². The molecule has 1 amide bonds. The molecule has 0 radical (unpaired) electrons. The van der Waals surface area contributed by atoms with E-state index in [2.05, 4.69) is 10.4 Å². The number of carbonyl (C=O) groups excluding carboxylic acids is 2. The fourth-order valence-corrected chi connectivity index (χ4v) is 3.53. The number of amides is 1. The molecule has 1 aromatic heterocycles. The standard InChI is InChI=1S/C24H26ClN3O3/c1-16(20-12-8-5-9-13-20)14-26-23(29)18(3)31-24(30)21-17(2)27-28(22(21)25)15-19-10-6-4-7-11-19/h4-13,16,18H,14-15H2,1-3H3,(H,26,29)/t16-,18-/m1/s1. The molecule has 0 saturated carbocycles. The Morgan fingerprint density at radius 3 is 2.32 bits per heavy atom. The van der Waals surface area contributed by atoms with Crippen LogP contribution in [-0.2, 0) is 16.1 Å². The van der Waals surface area contributed by atoms with Crippen LogP contribution >= 0.6 is 11.6 Å². The maximum absolute atomic E-state index is 12.7. The Bertz CT molecular complexity index is 1030. The Hall–Kier alpha value is -3.12. The molecule has 0 spiro atoms. The van der Waals surface area contributed by atoms with E-state index in [9.17, 15) is 9.59 Å².